The lowest BCUT2D eigenvalue weighted by Crippen LogP contribution is -2.25. The van der Waals surface area contributed by atoms with E-state index in [-0.39, 0.29) is 5.78 Å². The maximum Gasteiger partial charge on any atom is 0.225 e. The quantitative estimate of drug-likeness (QED) is 0.740. The molecule has 17 heavy (non-hydrogen) atoms. The number of Topliss-reactive ketones (excluding diaryl/α,β-unsaturated/α-hetero) is 1. The summed E-state index contributed by atoms with van der Waals surface area (Å²) < 4.78 is 0. The van der Waals surface area contributed by atoms with E-state index in [2.05, 4.69) is 21.8 Å². The van der Waals surface area contributed by atoms with Gasteiger partial charge in [0.2, 0.25) is 5.95 Å². The Morgan fingerprint density at radius 1 is 1.29 bits per heavy atom. The Morgan fingerprint density at radius 3 is 2.82 bits per heavy atom. The third-order valence-corrected chi connectivity index (χ3v) is 3.62. The summed E-state index contributed by atoms with van der Waals surface area (Å²) >= 11 is 0. The van der Waals surface area contributed by atoms with E-state index in [0.29, 0.717) is 12.3 Å². The first-order valence-electron chi connectivity index (χ1n) is 6.38. The second kappa shape index (κ2) is 4.09. The highest BCUT2D eigenvalue weighted by Gasteiger charge is 2.25. The van der Waals surface area contributed by atoms with Crippen LogP contribution in [0.4, 0.5) is 5.95 Å². The van der Waals surface area contributed by atoms with Crippen molar-refractivity contribution >= 4 is 11.7 Å². The van der Waals surface area contributed by atoms with E-state index in [1.807, 2.05) is 0 Å². The first-order chi connectivity index (χ1) is 8.24. The van der Waals surface area contributed by atoms with Gasteiger partial charge >= 0.3 is 0 Å². The molecular formula is C13H17N3O. The van der Waals surface area contributed by atoms with Gasteiger partial charge in [-0.2, -0.15) is 0 Å². The van der Waals surface area contributed by atoms with Crippen LogP contribution >= 0.6 is 0 Å². The summed E-state index contributed by atoms with van der Waals surface area (Å²) in [7, 11) is 0. The lowest BCUT2D eigenvalue weighted by atomic mass is 9.88. The molecule has 1 aliphatic heterocycles. The standard InChI is InChI=1S/C13H17N3O/c1-9-6-11-10(12(17)7-9)8-14-13(15-11)16-4-2-3-5-16/h8-9H,2-7H2,1H3/t9-/m0/s1. The summed E-state index contributed by atoms with van der Waals surface area (Å²) in [6, 6.07) is 0. The van der Waals surface area contributed by atoms with Crippen molar-refractivity contribution in [3.05, 3.63) is 17.5 Å². The minimum Gasteiger partial charge on any atom is -0.341 e. The molecular weight excluding hydrogens is 214 g/mol. The number of hydrogen-bond acceptors (Lipinski definition) is 4. The van der Waals surface area contributed by atoms with Gasteiger partial charge in [-0.3, -0.25) is 4.79 Å². The smallest absolute Gasteiger partial charge is 0.225 e. The number of fused-ring (bicyclic) bond motifs is 1. The fraction of sp³-hybridized carbons (Fsp3) is 0.615. The predicted molar refractivity (Wildman–Crippen MR) is 65.3 cm³/mol. The molecule has 2 aliphatic rings. The summed E-state index contributed by atoms with van der Waals surface area (Å²) in [4.78, 5) is 23.0. The first-order valence-corrected chi connectivity index (χ1v) is 6.38. The van der Waals surface area contributed by atoms with Gasteiger partial charge in [-0.1, -0.05) is 6.92 Å². The minimum atomic E-state index is 0.201. The molecule has 1 aromatic rings. The lowest BCUT2D eigenvalue weighted by molar-refractivity contribution is 0.0951. The van der Waals surface area contributed by atoms with E-state index in [1.165, 1.54) is 12.8 Å². The van der Waals surface area contributed by atoms with Crippen molar-refractivity contribution in [3.63, 3.8) is 0 Å². The van der Waals surface area contributed by atoms with Crippen LogP contribution in [0.3, 0.4) is 0 Å². The number of hydrogen-bond donors (Lipinski definition) is 0. The van der Waals surface area contributed by atoms with Crippen LogP contribution in [-0.2, 0) is 6.42 Å². The fourth-order valence-corrected chi connectivity index (χ4v) is 2.69. The monoisotopic (exact) mass is 231 g/mol. The van der Waals surface area contributed by atoms with E-state index >= 15 is 0 Å². The molecule has 0 saturated carbocycles. The van der Waals surface area contributed by atoms with Gasteiger partial charge in [0.1, 0.15) is 0 Å². The van der Waals surface area contributed by atoms with Gasteiger partial charge in [0.25, 0.3) is 0 Å². The van der Waals surface area contributed by atoms with Gasteiger partial charge in [0, 0.05) is 25.7 Å². The molecule has 0 amide bonds. The Labute approximate surface area is 101 Å². The molecule has 1 saturated heterocycles. The number of carbonyl (C=O) groups is 1. The van der Waals surface area contributed by atoms with E-state index in [1.54, 1.807) is 6.20 Å². The highest BCUT2D eigenvalue weighted by Crippen LogP contribution is 2.25. The Hall–Kier alpha value is -1.45. The molecule has 0 aromatic carbocycles. The highest BCUT2D eigenvalue weighted by atomic mass is 16.1. The van der Waals surface area contributed by atoms with Crippen molar-refractivity contribution in [1.29, 1.82) is 0 Å². The average Bonchev–Trinajstić information content (AvgIpc) is 2.81. The van der Waals surface area contributed by atoms with E-state index in [4.69, 9.17) is 0 Å². The largest absolute Gasteiger partial charge is 0.341 e. The molecule has 0 spiro atoms. The van der Waals surface area contributed by atoms with E-state index < -0.39 is 0 Å². The molecule has 1 atom stereocenters. The third kappa shape index (κ3) is 1.92. The van der Waals surface area contributed by atoms with Gasteiger partial charge in [0.05, 0.1) is 11.3 Å². The van der Waals surface area contributed by atoms with Crippen LogP contribution in [0.5, 0.6) is 0 Å². The van der Waals surface area contributed by atoms with Crippen molar-refractivity contribution in [1.82, 2.24) is 9.97 Å². The van der Waals surface area contributed by atoms with Crippen molar-refractivity contribution in [2.45, 2.75) is 32.6 Å². The molecule has 2 heterocycles. The first kappa shape index (κ1) is 10.7. The summed E-state index contributed by atoms with van der Waals surface area (Å²) in [6.45, 7) is 4.20. The maximum atomic E-state index is 11.8. The number of ketones is 1. The summed E-state index contributed by atoms with van der Waals surface area (Å²) in [5.41, 5.74) is 1.69. The summed E-state index contributed by atoms with van der Waals surface area (Å²) in [5, 5.41) is 0. The summed E-state index contributed by atoms with van der Waals surface area (Å²) in [5.74, 6) is 1.42. The minimum absolute atomic E-state index is 0.201. The SMILES string of the molecule is C[C@@H]1CC(=O)c2cnc(N3CCCC3)nc2C1. The Morgan fingerprint density at radius 2 is 2.06 bits per heavy atom. The van der Waals surface area contributed by atoms with Gasteiger partial charge in [-0.25, -0.2) is 9.97 Å². The van der Waals surface area contributed by atoms with Crippen molar-refractivity contribution in [3.8, 4) is 0 Å². The molecule has 0 bridgehead atoms. The van der Waals surface area contributed by atoms with Crippen molar-refractivity contribution < 1.29 is 4.79 Å². The molecule has 1 aliphatic carbocycles. The molecule has 4 nitrogen and oxygen atoms in total. The van der Waals surface area contributed by atoms with Crippen LogP contribution in [-0.4, -0.2) is 28.8 Å². The Balaban J connectivity index is 1.94. The van der Waals surface area contributed by atoms with E-state index in [9.17, 15) is 4.79 Å². The van der Waals surface area contributed by atoms with Gasteiger partial charge in [0.15, 0.2) is 5.78 Å². The molecule has 90 valence electrons. The fourth-order valence-electron chi connectivity index (χ4n) is 2.69. The zero-order valence-electron chi connectivity index (χ0n) is 10.1. The second-order valence-electron chi connectivity index (χ2n) is 5.16. The van der Waals surface area contributed by atoms with Gasteiger partial charge in [-0.15, -0.1) is 0 Å². The number of nitrogens with zero attached hydrogens (tertiary/aromatic N) is 3. The van der Waals surface area contributed by atoms with Crippen molar-refractivity contribution in [2.24, 2.45) is 5.92 Å². The third-order valence-electron chi connectivity index (χ3n) is 3.62. The normalized spacial score (nSPS) is 23.9. The van der Waals surface area contributed by atoms with Crippen LogP contribution in [0, 0.1) is 5.92 Å². The Kier molecular flexibility index (Phi) is 2.57. The molecule has 0 radical (unpaired) electrons. The van der Waals surface area contributed by atoms with Crippen LogP contribution in [0.15, 0.2) is 6.20 Å². The van der Waals surface area contributed by atoms with E-state index in [0.717, 1.165) is 36.7 Å². The van der Waals surface area contributed by atoms with Gasteiger partial charge in [-0.05, 0) is 25.2 Å². The van der Waals surface area contributed by atoms with Crippen LogP contribution in [0.2, 0.25) is 0 Å². The molecule has 1 aromatic heterocycles. The molecule has 4 heteroatoms. The number of anilines is 1. The Bertz CT molecular complexity index is 452. The summed E-state index contributed by atoms with van der Waals surface area (Å²) in [6.07, 6.45) is 5.71. The van der Waals surface area contributed by atoms with Crippen LogP contribution in [0.1, 0.15) is 42.2 Å². The molecule has 1 fully saturated rings. The number of aromatic nitrogens is 2. The lowest BCUT2D eigenvalue weighted by Gasteiger charge is -2.22. The maximum absolute atomic E-state index is 11.8. The molecule has 0 N–H and O–H groups in total. The van der Waals surface area contributed by atoms with Crippen LogP contribution < -0.4 is 4.90 Å². The average molecular weight is 231 g/mol. The highest BCUT2D eigenvalue weighted by molar-refractivity contribution is 5.98. The topological polar surface area (TPSA) is 46.1 Å². The number of carbonyl (C=O) groups excluding carboxylic acids is 1. The predicted octanol–water partition coefficient (Wildman–Crippen LogP) is 1.84. The second-order valence-corrected chi connectivity index (χ2v) is 5.16. The zero-order chi connectivity index (χ0) is 11.8. The number of rotatable bonds is 1. The van der Waals surface area contributed by atoms with Gasteiger partial charge < -0.3 is 4.90 Å². The molecule has 3 rings (SSSR count). The zero-order valence-corrected chi connectivity index (χ0v) is 10.1. The van der Waals surface area contributed by atoms with Crippen LogP contribution in [0.25, 0.3) is 0 Å². The van der Waals surface area contributed by atoms with Crippen molar-refractivity contribution in [2.75, 3.05) is 18.0 Å². The molecule has 0 unspecified atom stereocenters.